The van der Waals surface area contributed by atoms with Crippen LogP contribution in [0.25, 0.3) is 11.3 Å². The lowest BCUT2D eigenvalue weighted by molar-refractivity contribution is 0.0692. The molecule has 3 rings (SSSR count). The zero-order valence-corrected chi connectivity index (χ0v) is 15.0. The van der Waals surface area contributed by atoms with Gasteiger partial charge in [-0.15, -0.1) is 0 Å². The topological polar surface area (TPSA) is 84.8 Å². The normalized spacial score (nSPS) is 16.7. The predicted octanol–water partition coefficient (Wildman–Crippen LogP) is 2.71. The third kappa shape index (κ3) is 3.94. The zero-order chi connectivity index (χ0) is 18.5. The zero-order valence-electron chi connectivity index (χ0n) is 15.0. The summed E-state index contributed by atoms with van der Waals surface area (Å²) >= 11 is 0. The van der Waals surface area contributed by atoms with Gasteiger partial charge in [0.05, 0.1) is 18.9 Å². The number of rotatable bonds is 7. The van der Waals surface area contributed by atoms with Gasteiger partial charge in [0.1, 0.15) is 11.3 Å². The Balaban J connectivity index is 1.86. The molecule has 1 atom stereocenters. The highest BCUT2D eigenvalue weighted by Gasteiger charge is 2.24. The van der Waals surface area contributed by atoms with E-state index in [1.165, 1.54) is 0 Å². The molecule has 7 heteroatoms. The van der Waals surface area contributed by atoms with Gasteiger partial charge in [-0.3, -0.25) is 0 Å². The van der Waals surface area contributed by atoms with Crippen LogP contribution in [-0.2, 0) is 4.74 Å². The number of anilines is 1. The van der Waals surface area contributed by atoms with Gasteiger partial charge in [0, 0.05) is 37.9 Å². The molecule has 0 spiro atoms. The van der Waals surface area contributed by atoms with Crippen molar-refractivity contribution in [3.8, 4) is 17.0 Å². The summed E-state index contributed by atoms with van der Waals surface area (Å²) in [6.45, 7) is 4.72. The molecular formula is C19H23N3O4. The van der Waals surface area contributed by atoms with Crippen molar-refractivity contribution < 1.29 is 19.4 Å². The average molecular weight is 357 g/mol. The van der Waals surface area contributed by atoms with Crippen molar-refractivity contribution in [2.24, 2.45) is 5.92 Å². The molecule has 1 aromatic carbocycles. The van der Waals surface area contributed by atoms with E-state index in [0.29, 0.717) is 29.9 Å². The summed E-state index contributed by atoms with van der Waals surface area (Å²) in [6.07, 6.45) is 2.76. The first-order valence-corrected chi connectivity index (χ1v) is 8.69. The largest absolute Gasteiger partial charge is 0.493 e. The molecule has 2 heterocycles. The maximum Gasteiger partial charge on any atom is 0.339 e. The van der Waals surface area contributed by atoms with E-state index in [2.05, 4.69) is 14.9 Å². The molecule has 7 nitrogen and oxygen atoms in total. The van der Waals surface area contributed by atoms with Crippen LogP contribution in [0.1, 0.15) is 23.7 Å². The van der Waals surface area contributed by atoms with E-state index >= 15 is 0 Å². The van der Waals surface area contributed by atoms with Gasteiger partial charge in [-0.05, 0) is 37.6 Å². The van der Waals surface area contributed by atoms with Crippen LogP contribution in [-0.4, -0.2) is 54.5 Å². The lowest BCUT2D eigenvalue weighted by Crippen LogP contribution is -2.23. The summed E-state index contributed by atoms with van der Waals surface area (Å²) < 4.78 is 10.6. The van der Waals surface area contributed by atoms with Gasteiger partial charge >= 0.3 is 5.97 Å². The second-order valence-corrected chi connectivity index (χ2v) is 6.25. The smallest absolute Gasteiger partial charge is 0.339 e. The van der Waals surface area contributed by atoms with Crippen LogP contribution in [0, 0.1) is 5.92 Å². The molecule has 0 unspecified atom stereocenters. The fourth-order valence-electron chi connectivity index (χ4n) is 3.19. The highest BCUT2D eigenvalue weighted by Crippen LogP contribution is 2.28. The Morgan fingerprint density at radius 2 is 2.23 bits per heavy atom. The van der Waals surface area contributed by atoms with Gasteiger partial charge in [-0.2, -0.15) is 0 Å². The third-order valence-corrected chi connectivity index (χ3v) is 4.42. The van der Waals surface area contributed by atoms with E-state index in [0.717, 1.165) is 31.7 Å². The van der Waals surface area contributed by atoms with Crippen molar-refractivity contribution >= 4 is 11.9 Å². The van der Waals surface area contributed by atoms with Crippen molar-refractivity contribution in [2.45, 2.75) is 13.3 Å². The minimum absolute atomic E-state index is 0.130. The molecule has 138 valence electrons. The fraction of sp³-hybridized carbons (Fsp3) is 0.421. The molecule has 0 radical (unpaired) electrons. The molecular weight excluding hydrogens is 334 g/mol. The van der Waals surface area contributed by atoms with Crippen LogP contribution >= 0.6 is 0 Å². The number of hydrogen-bond acceptors (Lipinski definition) is 6. The molecule has 2 aromatic rings. The minimum atomic E-state index is -1.02. The van der Waals surface area contributed by atoms with Crippen LogP contribution < -0.4 is 9.64 Å². The highest BCUT2D eigenvalue weighted by atomic mass is 16.5. The summed E-state index contributed by atoms with van der Waals surface area (Å²) in [7, 11) is 1.71. The molecule has 1 aliphatic rings. The minimum Gasteiger partial charge on any atom is -0.493 e. The number of methoxy groups -OCH3 is 1. The Labute approximate surface area is 152 Å². The quantitative estimate of drug-likeness (QED) is 0.815. The van der Waals surface area contributed by atoms with Crippen molar-refractivity contribution in [1.29, 1.82) is 0 Å². The standard InChI is InChI=1S/C19H23N3O4/c1-3-26-17-5-4-14(10-15(17)18(23)24)16-6-8-20-19(21-16)22-9-7-13(11-22)12-25-2/h4-6,8,10,13H,3,7,9,11-12H2,1-2H3,(H,23,24)/t13-/m1/s1. The van der Waals surface area contributed by atoms with Gasteiger partial charge in [-0.1, -0.05) is 0 Å². The molecule has 0 bridgehead atoms. The number of hydrogen-bond donors (Lipinski definition) is 1. The van der Waals surface area contributed by atoms with Gasteiger partial charge < -0.3 is 19.5 Å². The van der Waals surface area contributed by atoms with E-state index < -0.39 is 5.97 Å². The van der Waals surface area contributed by atoms with Gasteiger partial charge in [0.2, 0.25) is 5.95 Å². The fourth-order valence-corrected chi connectivity index (χ4v) is 3.19. The Hall–Kier alpha value is -2.67. The number of aromatic carboxylic acids is 1. The lowest BCUT2D eigenvalue weighted by Gasteiger charge is -2.17. The van der Waals surface area contributed by atoms with Crippen LogP contribution in [0.5, 0.6) is 5.75 Å². The Morgan fingerprint density at radius 1 is 1.38 bits per heavy atom. The molecule has 0 aliphatic carbocycles. The highest BCUT2D eigenvalue weighted by molar-refractivity contribution is 5.92. The molecule has 1 fully saturated rings. The molecule has 1 aliphatic heterocycles. The Bertz CT molecular complexity index is 781. The monoisotopic (exact) mass is 357 g/mol. The molecule has 1 aromatic heterocycles. The molecule has 1 N–H and O–H groups in total. The van der Waals surface area contributed by atoms with Crippen molar-refractivity contribution in [3.05, 3.63) is 36.0 Å². The van der Waals surface area contributed by atoms with Crippen molar-refractivity contribution in [1.82, 2.24) is 9.97 Å². The van der Waals surface area contributed by atoms with E-state index in [1.807, 2.05) is 13.0 Å². The van der Waals surface area contributed by atoms with E-state index in [4.69, 9.17) is 9.47 Å². The van der Waals surface area contributed by atoms with E-state index in [9.17, 15) is 9.90 Å². The summed E-state index contributed by atoms with van der Waals surface area (Å²) in [5.74, 6) is 0.481. The van der Waals surface area contributed by atoms with E-state index in [-0.39, 0.29) is 5.56 Å². The lowest BCUT2D eigenvalue weighted by atomic mass is 10.1. The predicted molar refractivity (Wildman–Crippen MR) is 97.8 cm³/mol. The van der Waals surface area contributed by atoms with Crippen LogP contribution in [0.4, 0.5) is 5.95 Å². The molecule has 1 saturated heterocycles. The SMILES string of the molecule is CCOc1ccc(-c2ccnc(N3CC[C@@H](COC)C3)n2)cc1C(=O)O. The summed E-state index contributed by atoms with van der Waals surface area (Å²) in [5.41, 5.74) is 1.55. The summed E-state index contributed by atoms with van der Waals surface area (Å²) in [4.78, 5) is 22.7. The maximum atomic E-state index is 11.5. The Kier molecular flexibility index (Phi) is 5.68. The average Bonchev–Trinajstić information content (AvgIpc) is 3.11. The third-order valence-electron chi connectivity index (χ3n) is 4.42. The number of carboxylic acids is 1. The molecule has 0 saturated carbocycles. The maximum absolute atomic E-state index is 11.5. The van der Waals surface area contributed by atoms with Gasteiger partial charge in [0.25, 0.3) is 0 Å². The van der Waals surface area contributed by atoms with Crippen LogP contribution in [0.3, 0.4) is 0 Å². The molecule has 26 heavy (non-hydrogen) atoms. The summed E-state index contributed by atoms with van der Waals surface area (Å²) in [6, 6.07) is 6.88. The second-order valence-electron chi connectivity index (χ2n) is 6.25. The number of ether oxygens (including phenoxy) is 2. The van der Waals surface area contributed by atoms with Crippen LogP contribution in [0.2, 0.25) is 0 Å². The first-order chi connectivity index (χ1) is 12.6. The van der Waals surface area contributed by atoms with Crippen LogP contribution in [0.15, 0.2) is 30.5 Å². The number of aromatic nitrogens is 2. The van der Waals surface area contributed by atoms with E-state index in [1.54, 1.807) is 31.5 Å². The van der Waals surface area contributed by atoms with Crippen molar-refractivity contribution in [2.75, 3.05) is 38.3 Å². The number of carbonyl (C=O) groups is 1. The first kappa shape index (κ1) is 18.1. The number of benzene rings is 1. The first-order valence-electron chi connectivity index (χ1n) is 8.69. The molecule has 0 amide bonds. The van der Waals surface area contributed by atoms with Gasteiger partial charge in [0.15, 0.2) is 0 Å². The number of nitrogens with zero attached hydrogens (tertiary/aromatic N) is 3. The van der Waals surface area contributed by atoms with Gasteiger partial charge in [-0.25, -0.2) is 14.8 Å². The Morgan fingerprint density at radius 3 is 2.96 bits per heavy atom. The second kappa shape index (κ2) is 8.14. The number of carboxylic acid groups (broad SMARTS) is 1. The summed E-state index contributed by atoms with van der Waals surface area (Å²) in [5, 5.41) is 9.44. The van der Waals surface area contributed by atoms with Crippen molar-refractivity contribution in [3.63, 3.8) is 0 Å².